The van der Waals surface area contributed by atoms with E-state index in [2.05, 4.69) is 17.6 Å². The van der Waals surface area contributed by atoms with Crippen LogP contribution in [0.25, 0.3) is 6.08 Å². The molecule has 4 nitrogen and oxygen atoms in total. The summed E-state index contributed by atoms with van der Waals surface area (Å²) < 4.78 is 0. The van der Waals surface area contributed by atoms with Crippen molar-refractivity contribution in [3.05, 3.63) is 40.2 Å². The standard InChI is InChI=1S/C8H8N2O2S/c11-10(12)8-3-4-9-7(6-8)2-1-5-13/h1-4,6,13H,5H2. The highest BCUT2D eigenvalue weighted by molar-refractivity contribution is 7.80. The van der Waals surface area contributed by atoms with Gasteiger partial charge in [-0.3, -0.25) is 15.1 Å². The molecule has 0 aliphatic carbocycles. The number of aromatic nitrogens is 1. The SMILES string of the molecule is O=[N+]([O-])c1ccnc(C=CCS)c1. The molecule has 0 spiro atoms. The predicted molar refractivity (Wildman–Crippen MR) is 53.8 cm³/mol. The quantitative estimate of drug-likeness (QED) is 0.456. The first-order chi connectivity index (χ1) is 6.24. The molecule has 0 aliphatic heterocycles. The van der Waals surface area contributed by atoms with Gasteiger partial charge in [-0.05, 0) is 6.08 Å². The summed E-state index contributed by atoms with van der Waals surface area (Å²) >= 11 is 3.97. The van der Waals surface area contributed by atoms with Gasteiger partial charge in [-0.1, -0.05) is 6.08 Å². The van der Waals surface area contributed by atoms with E-state index in [1.807, 2.05) is 0 Å². The molecule has 0 saturated heterocycles. The van der Waals surface area contributed by atoms with Crippen molar-refractivity contribution in [2.24, 2.45) is 0 Å². The third-order valence-corrected chi connectivity index (χ3v) is 1.58. The van der Waals surface area contributed by atoms with Crippen molar-refractivity contribution >= 4 is 24.4 Å². The van der Waals surface area contributed by atoms with E-state index in [0.717, 1.165) is 0 Å². The first-order valence-electron chi connectivity index (χ1n) is 3.62. The molecule has 0 bridgehead atoms. The average molecular weight is 196 g/mol. The highest BCUT2D eigenvalue weighted by Gasteiger charge is 2.03. The van der Waals surface area contributed by atoms with E-state index in [9.17, 15) is 10.1 Å². The first kappa shape index (κ1) is 9.73. The summed E-state index contributed by atoms with van der Waals surface area (Å²) in [5.74, 6) is 0.588. The van der Waals surface area contributed by atoms with Gasteiger partial charge in [0, 0.05) is 24.1 Å². The minimum atomic E-state index is -0.445. The van der Waals surface area contributed by atoms with E-state index in [-0.39, 0.29) is 5.69 Å². The molecule has 0 fully saturated rings. The molecular formula is C8H8N2O2S. The Morgan fingerprint density at radius 3 is 3.08 bits per heavy atom. The second-order valence-electron chi connectivity index (χ2n) is 2.28. The first-order valence-corrected chi connectivity index (χ1v) is 4.25. The Labute approximate surface area is 80.9 Å². The van der Waals surface area contributed by atoms with Crippen LogP contribution in [0.4, 0.5) is 5.69 Å². The fraction of sp³-hybridized carbons (Fsp3) is 0.125. The third kappa shape index (κ3) is 2.87. The molecule has 0 aromatic carbocycles. The predicted octanol–water partition coefficient (Wildman–Crippen LogP) is 1.93. The maximum atomic E-state index is 10.4. The van der Waals surface area contributed by atoms with Crippen molar-refractivity contribution in [1.29, 1.82) is 0 Å². The molecule has 0 aliphatic rings. The minimum absolute atomic E-state index is 0.0498. The van der Waals surface area contributed by atoms with E-state index in [1.54, 1.807) is 12.2 Å². The minimum Gasteiger partial charge on any atom is -0.258 e. The van der Waals surface area contributed by atoms with Gasteiger partial charge in [0.25, 0.3) is 5.69 Å². The van der Waals surface area contributed by atoms with Gasteiger partial charge in [0.05, 0.1) is 10.6 Å². The van der Waals surface area contributed by atoms with Gasteiger partial charge in [0.15, 0.2) is 0 Å². The molecule has 5 heteroatoms. The topological polar surface area (TPSA) is 56.0 Å². The summed E-state index contributed by atoms with van der Waals surface area (Å²) in [7, 11) is 0. The van der Waals surface area contributed by atoms with E-state index >= 15 is 0 Å². The Kier molecular flexibility index (Phi) is 3.45. The zero-order valence-electron chi connectivity index (χ0n) is 6.75. The summed E-state index contributed by atoms with van der Waals surface area (Å²) in [6.45, 7) is 0. The van der Waals surface area contributed by atoms with E-state index in [1.165, 1.54) is 18.3 Å². The van der Waals surface area contributed by atoms with Crippen molar-refractivity contribution in [2.45, 2.75) is 0 Å². The maximum absolute atomic E-state index is 10.4. The number of rotatable bonds is 3. The summed E-state index contributed by atoms with van der Waals surface area (Å²) in [6.07, 6.45) is 4.88. The fourth-order valence-electron chi connectivity index (χ4n) is 0.815. The Balaban J connectivity index is 2.92. The van der Waals surface area contributed by atoms with Gasteiger partial charge in [-0.25, -0.2) is 0 Å². The van der Waals surface area contributed by atoms with Crippen LogP contribution in [0.15, 0.2) is 24.4 Å². The second kappa shape index (κ2) is 4.61. The van der Waals surface area contributed by atoms with Crippen molar-refractivity contribution < 1.29 is 4.92 Å². The number of hydrogen-bond donors (Lipinski definition) is 1. The molecule has 0 atom stereocenters. The van der Waals surface area contributed by atoms with E-state index in [0.29, 0.717) is 11.4 Å². The molecule has 0 unspecified atom stereocenters. The molecule has 1 rings (SSSR count). The third-order valence-electron chi connectivity index (χ3n) is 1.37. The maximum Gasteiger partial charge on any atom is 0.273 e. The zero-order chi connectivity index (χ0) is 9.68. The number of thiol groups is 1. The Hall–Kier alpha value is -1.36. The van der Waals surface area contributed by atoms with Gasteiger partial charge >= 0.3 is 0 Å². The van der Waals surface area contributed by atoms with Crippen LogP contribution in [-0.2, 0) is 0 Å². The smallest absolute Gasteiger partial charge is 0.258 e. The van der Waals surface area contributed by atoms with Crippen LogP contribution in [0.3, 0.4) is 0 Å². The molecule has 0 N–H and O–H groups in total. The number of nitrogens with zero attached hydrogens (tertiary/aromatic N) is 2. The lowest BCUT2D eigenvalue weighted by Gasteiger charge is -1.92. The molecule has 13 heavy (non-hydrogen) atoms. The molecule has 0 amide bonds. The molecule has 0 saturated carbocycles. The van der Waals surface area contributed by atoms with Crippen molar-refractivity contribution in [2.75, 3.05) is 5.75 Å². The van der Waals surface area contributed by atoms with Crippen LogP contribution in [0.1, 0.15) is 5.69 Å². The van der Waals surface area contributed by atoms with Gasteiger partial charge in [-0.2, -0.15) is 12.6 Å². The Morgan fingerprint density at radius 2 is 2.46 bits per heavy atom. The zero-order valence-corrected chi connectivity index (χ0v) is 7.65. The molecule has 1 aromatic rings. The van der Waals surface area contributed by atoms with Crippen LogP contribution in [0.5, 0.6) is 0 Å². The number of hydrogen-bond acceptors (Lipinski definition) is 4. The lowest BCUT2D eigenvalue weighted by atomic mass is 10.3. The molecule has 1 aromatic heterocycles. The highest BCUT2D eigenvalue weighted by atomic mass is 32.1. The van der Waals surface area contributed by atoms with Crippen LogP contribution in [-0.4, -0.2) is 15.7 Å². The summed E-state index contributed by atoms with van der Waals surface area (Å²) in [6, 6.07) is 2.78. The normalized spacial score (nSPS) is 10.5. The summed E-state index contributed by atoms with van der Waals surface area (Å²) in [5, 5.41) is 10.4. The summed E-state index contributed by atoms with van der Waals surface area (Å²) in [4.78, 5) is 13.9. The van der Waals surface area contributed by atoms with Crippen molar-refractivity contribution in [3.8, 4) is 0 Å². The Bertz CT molecular complexity index is 339. The summed E-state index contributed by atoms with van der Waals surface area (Å²) in [5.41, 5.74) is 0.622. The van der Waals surface area contributed by atoms with Crippen LogP contribution >= 0.6 is 12.6 Å². The molecule has 68 valence electrons. The largest absolute Gasteiger partial charge is 0.273 e. The fourth-order valence-corrected chi connectivity index (χ4v) is 0.920. The average Bonchev–Trinajstić information content (AvgIpc) is 2.15. The monoisotopic (exact) mass is 196 g/mol. The van der Waals surface area contributed by atoms with Gasteiger partial charge in [0.1, 0.15) is 0 Å². The van der Waals surface area contributed by atoms with E-state index < -0.39 is 4.92 Å². The molecule has 0 radical (unpaired) electrons. The molecule has 1 heterocycles. The van der Waals surface area contributed by atoms with Gasteiger partial charge in [-0.15, -0.1) is 0 Å². The van der Waals surface area contributed by atoms with Crippen molar-refractivity contribution in [1.82, 2.24) is 4.98 Å². The van der Waals surface area contributed by atoms with Gasteiger partial charge < -0.3 is 0 Å². The lowest BCUT2D eigenvalue weighted by molar-refractivity contribution is -0.384. The Morgan fingerprint density at radius 1 is 1.69 bits per heavy atom. The lowest BCUT2D eigenvalue weighted by Crippen LogP contribution is -1.89. The van der Waals surface area contributed by atoms with Crippen LogP contribution in [0, 0.1) is 10.1 Å². The van der Waals surface area contributed by atoms with Gasteiger partial charge in [0.2, 0.25) is 0 Å². The highest BCUT2D eigenvalue weighted by Crippen LogP contribution is 2.11. The number of pyridine rings is 1. The molecular weight excluding hydrogens is 188 g/mol. The van der Waals surface area contributed by atoms with E-state index in [4.69, 9.17) is 0 Å². The second-order valence-corrected chi connectivity index (χ2v) is 2.65. The number of nitro groups is 1. The van der Waals surface area contributed by atoms with Crippen LogP contribution in [0.2, 0.25) is 0 Å². The van der Waals surface area contributed by atoms with Crippen LogP contribution < -0.4 is 0 Å². The van der Waals surface area contributed by atoms with Crippen molar-refractivity contribution in [3.63, 3.8) is 0 Å².